The van der Waals surface area contributed by atoms with Gasteiger partial charge in [-0.3, -0.25) is 4.79 Å². The zero-order valence-electron chi connectivity index (χ0n) is 11.7. The summed E-state index contributed by atoms with van der Waals surface area (Å²) in [6.45, 7) is 2.55. The lowest BCUT2D eigenvalue weighted by atomic mass is 10.2. The first-order valence-corrected chi connectivity index (χ1v) is 7.02. The molecule has 0 aromatic heterocycles. The van der Waals surface area contributed by atoms with Crippen molar-refractivity contribution in [1.82, 2.24) is 0 Å². The van der Waals surface area contributed by atoms with Crippen molar-refractivity contribution < 1.29 is 9.53 Å². The van der Waals surface area contributed by atoms with Gasteiger partial charge < -0.3 is 10.1 Å². The molecule has 0 fully saturated rings. The highest BCUT2D eigenvalue weighted by Crippen LogP contribution is 2.16. The van der Waals surface area contributed by atoms with E-state index < -0.39 is 0 Å². The standard InChI is InChI=1S/C17H16ClNO2/c1-2-21-16-9-7-15(8-10-16)19-17(20)11-6-13-4-3-5-14(18)12-13/h3-12H,2H2,1H3,(H,19,20). The molecule has 1 amide bonds. The van der Waals surface area contributed by atoms with Crippen LogP contribution in [-0.2, 0) is 4.79 Å². The van der Waals surface area contributed by atoms with Crippen molar-refractivity contribution in [3.8, 4) is 5.75 Å². The van der Waals surface area contributed by atoms with Gasteiger partial charge in [-0.25, -0.2) is 0 Å². The monoisotopic (exact) mass is 301 g/mol. The molecule has 1 N–H and O–H groups in total. The van der Waals surface area contributed by atoms with E-state index in [1.807, 2.05) is 31.2 Å². The van der Waals surface area contributed by atoms with Crippen LogP contribution in [-0.4, -0.2) is 12.5 Å². The summed E-state index contributed by atoms with van der Waals surface area (Å²) >= 11 is 5.88. The molecule has 0 bridgehead atoms. The summed E-state index contributed by atoms with van der Waals surface area (Å²) in [5.74, 6) is 0.587. The van der Waals surface area contributed by atoms with Crippen LogP contribution >= 0.6 is 11.6 Å². The van der Waals surface area contributed by atoms with E-state index in [1.54, 1.807) is 30.3 Å². The molecule has 0 spiro atoms. The number of carbonyl (C=O) groups excluding carboxylic acids is 1. The minimum absolute atomic E-state index is 0.195. The molecule has 0 radical (unpaired) electrons. The second kappa shape index (κ2) is 7.50. The van der Waals surface area contributed by atoms with E-state index in [0.29, 0.717) is 11.6 Å². The van der Waals surface area contributed by atoms with Crippen molar-refractivity contribution in [1.29, 1.82) is 0 Å². The third-order valence-electron chi connectivity index (χ3n) is 2.71. The number of amides is 1. The van der Waals surface area contributed by atoms with Crippen molar-refractivity contribution in [2.45, 2.75) is 6.92 Å². The van der Waals surface area contributed by atoms with E-state index in [4.69, 9.17) is 16.3 Å². The van der Waals surface area contributed by atoms with Crippen molar-refractivity contribution in [2.75, 3.05) is 11.9 Å². The Balaban J connectivity index is 1.95. The van der Waals surface area contributed by atoms with Crippen LogP contribution < -0.4 is 10.1 Å². The number of halogens is 1. The summed E-state index contributed by atoms with van der Waals surface area (Å²) in [6.07, 6.45) is 3.19. The Bertz CT molecular complexity index is 635. The Morgan fingerprint density at radius 1 is 1.24 bits per heavy atom. The maximum atomic E-state index is 11.8. The van der Waals surface area contributed by atoms with Crippen molar-refractivity contribution in [2.24, 2.45) is 0 Å². The molecular weight excluding hydrogens is 286 g/mol. The van der Waals surface area contributed by atoms with Gasteiger partial charge in [-0.1, -0.05) is 23.7 Å². The molecule has 0 aliphatic carbocycles. The molecular formula is C17H16ClNO2. The quantitative estimate of drug-likeness (QED) is 0.832. The summed E-state index contributed by atoms with van der Waals surface area (Å²) in [6, 6.07) is 14.5. The molecule has 21 heavy (non-hydrogen) atoms. The molecule has 3 nitrogen and oxygen atoms in total. The van der Waals surface area contributed by atoms with Gasteiger partial charge in [-0.05, 0) is 55.0 Å². The molecule has 0 saturated carbocycles. The molecule has 0 heterocycles. The fourth-order valence-corrected chi connectivity index (χ4v) is 1.97. The van der Waals surface area contributed by atoms with Crippen LogP contribution in [0.15, 0.2) is 54.6 Å². The molecule has 0 saturated heterocycles. The molecule has 0 aliphatic heterocycles. The fourth-order valence-electron chi connectivity index (χ4n) is 1.77. The van der Waals surface area contributed by atoms with E-state index >= 15 is 0 Å². The largest absolute Gasteiger partial charge is 0.494 e. The van der Waals surface area contributed by atoms with Gasteiger partial charge in [0, 0.05) is 16.8 Å². The van der Waals surface area contributed by atoms with Gasteiger partial charge in [0.2, 0.25) is 5.91 Å². The molecule has 0 unspecified atom stereocenters. The van der Waals surface area contributed by atoms with Crippen LogP contribution in [0, 0.1) is 0 Å². The van der Waals surface area contributed by atoms with Gasteiger partial charge in [-0.2, -0.15) is 0 Å². The summed E-state index contributed by atoms with van der Waals surface area (Å²) < 4.78 is 5.34. The average molecular weight is 302 g/mol. The Morgan fingerprint density at radius 3 is 2.67 bits per heavy atom. The molecule has 2 aromatic rings. The Kier molecular flexibility index (Phi) is 5.41. The van der Waals surface area contributed by atoms with Crippen LogP contribution in [0.25, 0.3) is 6.08 Å². The predicted octanol–water partition coefficient (Wildman–Crippen LogP) is 4.39. The van der Waals surface area contributed by atoms with Crippen LogP contribution in [0.2, 0.25) is 5.02 Å². The first kappa shape index (κ1) is 15.1. The lowest BCUT2D eigenvalue weighted by molar-refractivity contribution is -0.111. The first-order valence-electron chi connectivity index (χ1n) is 6.65. The van der Waals surface area contributed by atoms with Gasteiger partial charge in [0.1, 0.15) is 5.75 Å². The summed E-state index contributed by atoms with van der Waals surface area (Å²) in [7, 11) is 0. The highest BCUT2D eigenvalue weighted by Gasteiger charge is 1.99. The Hall–Kier alpha value is -2.26. The minimum Gasteiger partial charge on any atom is -0.494 e. The first-order chi connectivity index (χ1) is 10.2. The van der Waals surface area contributed by atoms with E-state index in [1.165, 1.54) is 6.08 Å². The zero-order chi connectivity index (χ0) is 15.1. The molecule has 4 heteroatoms. The van der Waals surface area contributed by atoms with Crippen LogP contribution in [0.1, 0.15) is 12.5 Å². The van der Waals surface area contributed by atoms with Gasteiger partial charge in [0.25, 0.3) is 0 Å². The second-order valence-corrected chi connectivity index (χ2v) is 4.77. The van der Waals surface area contributed by atoms with Crippen molar-refractivity contribution >= 4 is 29.3 Å². The van der Waals surface area contributed by atoms with Crippen molar-refractivity contribution in [3.63, 3.8) is 0 Å². The number of benzene rings is 2. The smallest absolute Gasteiger partial charge is 0.248 e. The van der Waals surface area contributed by atoms with E-state index in [9.17, 15) is 4.79 Å². The lowest BCUT2D eigenvalue weighted by Gasteiger charge is -2.05. The minimum atomic E-state index is -0.195. The normalized spacial score (nSPS) is 10.6. The Labute approximate surface area is 129 Å². The van der Waals surface area contributed by atoms with E-state index in [0.717, 1.165) is 17.0 Å². The number of carbonyl (C=O) groups is 1. The topological polar surface area (TPSA) is 38.3 Å². The third kappa shape index (κ3) is 4.97. The number of nitrogens with one attached hydrogen (secondary N) is 1. The van der Waals surface area contributed by atoms with Gasteiger partial charge in [-0.15, -0.1) is 0 Å². The Morgan fingerprint density at radius 2 is 2.00 bits per heavy atom. The number of ether oxygens (including phenoxy) is 1. The SMILES string of the molecule is CCOc1ccc(NC(=O)C=Cc2cccc(Cl)c2)cc1. The molecule has 0 aliphatic rings. The van der Waals surface area contributed by atoms with Crippen molar-refractivity contribution in [3.05, 3.63) is 65.2 Å². The number of hydrogen-bond acceptors (Lipinski definition) is 2. The average Bonchev–Trinajstić information content (AvgIpc) is 2.48. The highest BCUT2D eigenvalue weighted by atomic mass is 35.5. The van der Waals surface area contributed by atoms with E-state index in [2.05, 4.69) is 5.32 Å². The molecule has 2 aromatic carbocycles. The zero-order valence-corrected chi connectivity index (χ0v) is 12.4. The third-order valence-corrected chi connectivity index (χ3v) is 2.94. The number of rotatable bonds is 5. The fraction of sp³-hybridized carbons (Fsp3) is 0.118. The number of hydrogen-bond donors (Lipinski definition) is 1. The van der Waals surface area contributed by atoms with Crippen LogP contribution in [0.5, 0.6) is 5.75 Å². The van der Waals surface area contributed by atoms with Gasteiger partial charge in [0.15, 0.2) is 0 Å². The maximum absolute atomic E-state index is 11.8. The van der Waals surface area contributed by atoms with Gasteiger partial charge >= 0.3 is 0 Å². The van der Waals surface area contributed by atoms with Gasteiger partial charge in [0.05, 0.1) is 6.61 Å². The second-order valence-electron chi connectivity index (χ2n) is 4.33. The lowest BCUT2D eigenvalue weighted by Crippen LogP contribution is -2.07. The highest BCUT2D eigenvalue weighted by molar-refractivity contribution is 6.30. The van der Waals surface area contributed by atoms with E-state index in [-0.39, 0.29) is 5.91 Å². The summed E-state index contributed by atoms with van der Waals surface area (Å²) in [5, 5.41) is 3.42. The molecule has 108 valence electrons. The summed E-state index contributed by atoms with van der Waals surface area (Å²) in [5.41, 5.74) is 1.60. The van der Waals surface area contributed by atoms with Crippen LogP contribution in [0.4, 0.5) is 5.69 Å². The molecule has 2 rings (SSSR count). The molecule has 0 atom stereocenters. The predicted molar refractivity (Wildman–Crippen MR) is 86.7 cm³/mol. The van der Waals surface area contributed by atoms with Crippen LogP contribution in [0.3, 0.4) is 0 Å². The maximum Gasteiger partial charge on any atom is 0.248 e. The summed E-state index contributed by atoms with van der Waals surface area (Å²) in [4.78, 5) is 11.8. The number of anilines is 1.